The smallest absolute Gasteiger partial charge is 0.106 e. The summed E-state index contributed by atoms with van der Waals surface area (Å²) in [6.07, 6.45) is 4.03. The van der Waals surface area contributed by atoms with E-state index in [4.69, 9.17) is 18.0 Å². The quantitative estimate of drug-likeness (QED) is 0.823. The zero-order chi connectivity index (χ0) is 13.1. The monoisotopic (exact) mass is 326 g/mol. The van der Waals surface area contributed by atoms with Crippen molar-refractivity contribution >= 4 is 38.8 Å². The Bertz CT molecular complexity index is 447. The molecule has 2 nitrogen and oxygen atoms in total. The van der Waals surface area contributed by atoms with Crippen LogP contribution in [0, 0.1) is 11.8 Å². The van der Waals surface area contributed by atoms with E-state index in [0.29, 0.717) is 4.99 Å². The molecule has 0 aliphatic heterocycles. The van der Waals surface area contributed by atoms with E-state index in [2.05, 4.69) is 28.2 Å². The van der Waals surface area contributed by atoms with E-state index in [1.807, 2.05) is 18.2 Å². The molecule has 1 aliphatic rings. The van der Waals surface area contributed by atoms with Gasteiger partial charge in [0.15, 0.2) is 0 Å². The number of rotatable bonds is 4. The van der Waals surface area contributed by atoms with Crippen LogP contribution in [-0.4, -0.2) is 11.5 Å². The molecular formula is C14H19BrN2S. The molecule has 1 saturated carbocycles. The van der Waals surface area contributed by atoms with Crippen molar-refractivity contribution in [1.29, 1.82) is 0 Å². The molecule has 1 fully saturated rings. The second-order valence-corrected chi connectivity index (χ2v) is 6.46. The minimum atomic E-state index is 0.449. The number of anilines is 1. The summed E-state index contributed by atoms with van der Waals surface area (Å²) < 4.78 is 1.05. The number of hydrogen-bond acceptors (Lipinski definition) is 2. The van der Waals surface area contributed by atoms with E-state index >= 15 is 0 Å². The number of benzene rings is 1. The highest BCUT2D eigenvalue weighted by Crippen LogP contribution is 2.31. The van der Waals surface area contributed by atoms with Gasteiger partial charge in [0, 0.05) is 22.3 Å². The third-order valence-electron chi connectivity index (χ3n) is 3.84. The molecule has 0 heterocycles. The van der Waals surface area contributed by atoms with Crippen molar-refractivity contribution in [2.75, 3.05) is 11.9 Å². The van der Waals surface area contributed by atoms with Gasteiger partial charge in [-0.05, 0) is 36.5 Å². The van der Waals surface area contributed by atoms with Crippen molar-refractivity contribution in [3.05, 3.63) is 28.2 Å². The largest absolute Gasteiger partial charge is 0.389 e. The topological polar surface area (TPSA) is 38.0 Å². The van der Waals surface area contributed by atoms with Gasteiger partial charge in [-0.3, -0.25) is 0 Å². The minimum Gasteiger partial charge on any atom is -0.389 e. The lowest BCUT2D eigenvalue weighted by molar-refractivity contribution is 0.439. The number of halogens is 1. The number of nitrogens with two attached hydrogens (primary N) is 1. The molecule has 4 heteroatoms. The van der Waals surface area contributed by atoms with Crippen LogP contribution in [-0.2, 0) is 0 Å². The summed E-state index contributed by atoms with van der Waals surface area (Å²) in [5.41, 5.74) is 7.72. The molecule has 2 rings (SSSR count). The first kappa shape index (κ1) is 13.8. The second-order valence-electron chi connectivity index (χ2n) is 5.10. The van der Waals surface area contributed by atoms with Crippen molar-refractivity contribution in [3.8, 4) is 0 Å². The fourth-order valence-electron chi connectivity index (χ4n) is 2.64. The van der Waals surface area contributed by atoms with Crippen LogP contribution in [0.15, 0.2) is 22.7 Å². The van der Waals surface area contributed by atoms with Crippen molar-refractivity contribution in [3.63, 3.8) is 0 Å². The molecule has 18 heavy (non-hydrogen) atoms. The molecule has 0 spiro atoms. The fraction of sp³-hybridized carbons (Fsp3) is 0.500. The van der Waals surface area contributed by atoms with Crippen molar-refractivity contribution in [1.82, 2.24) is 0 Å². The number of thiocarbonyl (C=S) groups is 1. The van der Waals surface area contributed by atoms with Crippen LogP contribution >= 0.6 is 28.1 Å². The normalized spacial score (nSPS) is 23.0. The van der Waals surface area contributed by atoms with Crippen LogP contribution in [0.25, 0.3) is 0 Å². The summed E-state index contributed by atoms with van der Waals surface area (Å²) >= 11 is 8.57. The second kappa shape index (κ2) is 6.02. The Morgan fingerprint density at radius 1 is 1.50 bits per heavy atom. The molecule has 2 unspecified atom stereocenters. The van der Waals surface area contributed by atoms with E-state index in [0.717, 1.165) is 34.1 Å². The first-order valence-electron chi connectivity index (χ1n) is 6.41. The molecule has 0 aromatic heterocycles. The maximum absolute atomic E-state index is 5.75. The standard InChI is InChI=1S/C14H19BrN2S/c1-9-3-2-4-10(9)8-17-13-7-11(15)5-6-12(13)14(16)18/h5-7,9-10,17H,2-4,8H2,1H3,(H2,16,18). The minimum absolute atomic E-state index is 0.449. The molecule has 1 aliphatic carbocycles. The highest BCUT2D eigenvalue weighted by molar-refractivity contribution is 9.10. The molecule has 1 aromatic rings. The predicted octanol–water partition coefficient (Wildman–Crippen LogP) is 3.93. The zero-order valence-corrected chi connectivity index (χ0v) is 13.0. The van der Waals surface area contributed by atoms with Crippen molar-refractivity contribution < 1.29 is 0 Å². The first-order valence-corrected chi connectivity index (χ1v) is 7.61. The van der Waals surface area contributed by atoms with Crippen LogP contribution in [0.3, 0.4) is 0 Å². The number of hydrogen-bond donors (Lipinski definition) is 2. The SMILES string of the molecule is CC1CCCC1CNc1cc(Br)ccc1C(N)=S. The lowest BCUT2D eigenvalue weighted by Crippen LogP contribution is -2.19. The van der Waals surface area contributed by atoms with Gasteiger partial charge >= 0.3 is 0 Å². The molecule has 1 aromatic carbocycles. The molecule has 0 radical (unpaired) electrons. The molecule has 0 bridgehead atoms. The predicted molar refractivity (Wildman–Crippen MR) is 85.0 cm³/mol. The molecule has 98 valence electrons. The average molecular weight is 327 g/mol. The maximum atomic E-state index is 5.75. The van der Waals surface area contributed by atoms with Gasteiger partial charge in [0.25, 0.3) is 0 Å². The van der Waals surface area contributed by atoms with Crippen molar-refractivity contribution in [2.24, 2.45) is 17.6 Å². The van der Waals surface area contributed by atoms with Crippen LogP contribution in [0.2, 0.25) is 0 Å². The third-order valence-corrected chi connectivity index (χ3v) is 4.55. The average Bonchev–Trinajstić information content (AvgIpc) is 2.72. The Labute approximate surface area is 122 Å². The summed E-state index contributed by atoms with van der Waals surface area (Å²) in [6, 6.07) is 5.98. The Balaban J connectivity index is 2.08. The van der Waals surface area contributed by atoms with Gasteiger partial charge < -0.3 is 11.1 Å². The van der Waals surface area contributed by atoms with E-state index in [9.17, 15) is 0 Å². The summed E-state index contributed by atoms with van der Waals surface area (Å²) in [6.45, 7) is 3.35. The lowest BCUT2D eigenvalue weighted by atomic mass is 9.98. The molecule has 0 amide bonds. The molecule has 0 saturated heterocycles. The Kier molecular flexibility index (Phi) is 4.62. The Morgan fingerprint density at radius 2 is 2.28 bits per heavy atom. The highest BCUT2D eigenvalue weighted by Gasteiger charge is 2.23. The summed E-state index contributed by atoms with van der Waals surface area (Å²) in [5, 5.41) is 3.51. The highest BCUT2D eigenvalue weighted by atomic mass is 79.9. The van der Waals surface area contributed by atoms with Crippen LogP contribution in [0.4, 0.5) is 5.69 Å². The van der Waals surface area contributed by atoms with Gasteiger partial charge in [-0.25, -0.2) is 0 Å². The first-order chi connectivity index (χ1) is 8.58. The van der Waals surface area contributed by atoms with E-state index < -0.39 is 0 Å². The Morgan fingerprint density at radius 3 is 2.89 bits per heavy atom. The van der Waals surface area contributed by atoms with Crippen LogP contribution in [0.5, 0.6) is 0 Å². The van der Waals surface area contributed by atoms with E-state index in [-0.39, 0.29) is 0 Å². The van der Waals surface area contributed by atoms with Gasteiger partial charge in [0.1, 0.15) is 4.99 Å². The van der Waals surface area contributed by atoms with E-state index in [1.165, 1.54) is 19.3 Å². The molecule has 2 atom stereocenters. The Hall–Kier alpha value is -0.610. The van der Waals surface area contributed by atoms with Crippen LogP contribution in [0.1, 0.15) is 31.7 Å². The van der Waals surface area contributed by atoms with Gasteiger partial charge in [-0.1, -0.05) is 47.9 Å². The van der Waals surface area contributed by atoms with Crippen LogP contribution < -0.4 is 11.1 Å². The number of nitrogens with one attached hydrogen (secondary N) is 1. The fourth-order valence-corrected chi connectivity index (χ4v) is 3.18. The van der Waals surface area contributed by atoms with Gasteiger partial charge in [-0.2, -0.15) is 0 Å². The lowest BCUT2D eigenvalue weighted by Gasteiger charge is -2.18. The summed E-state index contributed by atoms with van der Waals surface area (Å²) in [7, 11) is 0. The van der Waals surface area contributed by atoms with Gasteiger partial charge in [0.05, 0.1) is 0 Å². The zero-order valence-electron chi connectivity index (χ0n) is 10.6. The summed E-state index contributed by atoms with van der Waals surface area (Å²) in [4.78, 5) is 0.449. The molecular weight excluding hydrogens is 308 g/mol. The van der Waals surface area contributed by atoms with E-state index in [1.54, 1.807) is 0 Å². The summed E-state index contributed by atoms with van der Waals surface area (Å²) in [5.74, 6) is 1.58. The van der Waals surface area contributed by atoms with Gasteiger partial charge in [0.2, 0.25) is 0 Å². The molecule has 3 N–H and O–H groups in total. The van der Waals surface area contributed by atoms with Gasteiger partial charge in [-0.15, -0.1) is 0 Å². The maximum Gasteiger partial charge on any atom is 0.106 e. The van der Waals surface area contributed by atoms with Crippen molar-refractivity contribution in [2.45, 2.75) is 26.2 Å². The third kappa shape index (κ3) is 3.23.